The molecule has 1 unspecified atom stereocenters. The molecular weight excluding hydrogens is 303 g/mol. The number of nitrogens with one attached hydrogen (secondary N) is 1. The second-order valence-corrected chi connectivity index (χ2v) is 5.17. The molecule has 0 aliphatic heterocycles. The molecule has 0 radical (unpaired) electrons. The summed E-state index contributed by atoms with van der Waals surface area (Å²) in [6, 6.07) is 8.09. The quantitative estimate of drug-likeness (QED) is 0.840. The van der Waals surface area contributed by atoms with Crippen LogP contribution in [0.5, 0.6) is 0 Å². The lowest BCUT2D eigenvalue weighted by Gasteiger charge is -2.21. The van der Waals surface area contributed by atoms with Crippen LogP contribution in [0.2, 0.25) is 10.0 Å². The summed E-state index contributed by atoms with van der Waals surface area (Å²) in [5.74, 6) is -1.22. The summed E-state index contributed by atoms with van der Waals surface area (Å²) in [7, 11) is 0. The smallest absolute Gasteiger partial charge is 0.131 e. The molecule has 0 saturated heterocycles. The molecule has 0 fully saturated rings. The molecule has 2 aromatic carbocycles. The Hall–Kier alpha value is -1.16. The van der Waals surface area contributed by atoms with Gasteiger partial charge in [-0.15, -0.1) is 0 Å². The fourth-order valence-electron chi connectivity index (χ4n) is 2.06. The molecule has 0 heterocycles. The summed E-state index contributed by atoms with van der Waals surface area (Å²) in [4.78, 5) is 0. The van der Waals surface area contributed by atoms with E-state index in [1.54, 1.807) is 18.2 Å². The average Bonchev–Trinajstić information content (AvgIpc) is 2.37. The molecule has 5 heteroatoms. The lowest BCUT2D eigenvalue weighted by Crippen LogP contribution is -2.23. The van der Waals surface area contributed by atoms with Crippen LogP contribution in [-0.2, 0) is 0 Å². The van der Waals surface area contributed by atoms with Crippen molar-refractivity contribution in [3.8, 4) is 0 Å². The first-order valence-electron chi connectivity index (χ1n) is 6.16. The van der Waals surface area contributed by atoms with Crippen molar-refractivity contribution >= 4 is 23.2 Å². The molecule has 0 spiro atoms. The van der Waals surface area contributed by atoms with Crippen molar-refractivity contribution < 1.29 is 8.78 Å². The third kappa shape index (κ3) is 3.29. The molecule has 0 aliphatic carbocycles. The Balaban J connectivity index is 2.50. The molecule has 0 amide bonds. The van der Waals surface area contributed by atoms with Crippen LogP contribution in [0, 0.1) is 11.6 Å². The molecule has 20 heavy (non-hydrogen) atoms. The minimum absolute atomic E-state index is 0.345. The second kappa shape index (κ2) is 6.53. The third-order valence-corrected chi connectivity index (χ3v) is 3.52. The maximum absolute atomic E-state index is 14.0. The first-order chi connectivity index (χ1) is 9.52. The lowest BCUT2D eigenvalue weighted by molar-refractivity contribution is 0.541. The van der Waals surface area contributed by atoms with E-state index in [2.05, 4.69) is 5.32 Å². The van der Waals surface area contributed by atoms with Crippen LogP contribution in [-0.4, -0.2) is 6.54 Å². The van der Waals surface area contributed by atoms with E-state index in [1.165, 1.54) is 12.1 Å². The normalized spacial score (nSPS) is 12.4. The summed E-state index contributed by atoms with van der Waals surface area (Å²) in [6.07, 6.45) is 0. The highest BCUT2D eigenvalue weighted by molar-refractivity contribution is 6.35. The van der Waals surface area contributed by atoms with Crippen LogP contribution in [0.1, 0.15) is 24.1 Å². The number of benzene rings is 2. The minimum Gasteiger partial charge on any atom is -0.306 e. The van der Waals surface area contributed by atoms with Gasteiger partial charge >= 0.3 is 0 Å². The summed E-state index contributed by atoms with van der Waals surface area (Å²) in [5, 5.41) is 4.09. The molecular formula is C15H13Cl2F2N. The third-order valence-electron chi connectivity index (χ3n) is 2.96. The predicted octanol–water partition coefficient (Wildman–Crippen LogP) is 4.97. The van der Waals surface area contributed by atoms with E-state index < -0.39 is 17.7 Å². The molecule has 2 aromatic rings. The van der Waals surface area contributed by atoms with Gasteiger partial charge in [0.05, 0.1) is 6.04 Å². The first kappa shape index (κ1) is 15.2. The molecule has 1 N–H and O–H groups in total. The first-order valence-corrected chi connectivity index (χ1v) is 6.91. The van der Waals surface area contributed by atoms with Gasteiger partial charge in [-0.1, -0.05) is 42.3 Å². The maximum atomic E-state index is 14.0. The molecule has 106 valence electrons. The Bertz CT molecular complexity index is 565. The Morgan fingerprint density at radius 2 is 1.75 bits per heavy atom. The van der Waals surface area contributed by atoms with Crippen LogP contribution in [0.25, 0.3) is 0 Å². The Kier molecular flexibility index (Phi) is 4.97. The number of halogens is 4. The van der Waals surface area contributed by atoms with Gasteiger partial charge in [-0.05, 0) is 30.3 Å². The summed E-state index contributed by atoms with van der Waals surface area (Å²) < 4.78 is 27.0. The fraction of sp³-hybridized carbons (Fsp3) is 0.200. The Labute approximate surface area is 126 Å². The van der Waals surface area contributed by atoms with Gasteiger partial charge in [0.1, 0.15) is 11.6 Å². The van der Waals surface area contributed by atoms with Crippen LogP contribution in [0.4, 0.5) is 8.78 Å². The van der Waals surface area contributed by atoms with Gasteiger partial charge in [0.25, 0.3) is 0 Å². The highest BCUT2D eigenvalue weighted by Crippen LogP contribution is 2.31. The topological polar surface area (TPSA) is 12.0 Å². The van der Waals surface area contributed by atoms with Crippen LogP contribution >= 0.6 is 23.2 Å². The lowest BCUT2D eigenvalue weighted by atomic mass is 9.98. The van der Waals surface area contributed by atoms with Crippen LogP contribution in [0.3, 0.4) is 0 Å². The molecule has 0 aromatic heterocycles. The monoisotopic (exact) mass is 315 g/mol. The van der Waals surface area contributed by atoms with Crippen molar-refractivity contribution in [2.75, 3.05) is 6.54 Å². The van der Waals surface area contributed by atoms with Crippen LogP contribution < -0.4 is 5.32 Å². The van der Waals surface area contributed by atoms with Crippen molar-refractivity contribution in [3.63, 3.8) is 0 Å². The number of rotatable bonds is 4. The van der Waals surface area contributed by atoms with E-state index in [-0.39, 0.29) is 0 Å². The molecule has 0 saturated carbocycles. The second-order valence-electron chi connectivity index (χ2n) is 4.32. The van der Waals surface area contributed by atoms with Gasteiger partial charge in [-0.25, -0.2) is 8.78 Å². The molecule has 0 aliphatic rings. The van der Waals surface area contributed by atoms with Crippen molar-refractivity contribution in [1.82, 2.24) is 5.32 Å². The van der Waals surface area contributed by atoms with E-state index in [0.717, 1.165) is 6.07 Å². The van der Waals surface area contributed by atoms with Crippen molar-refractivity contribution in [1.29, 1.82) is 0 Å². The number of hydrogen-bond donors (Lipinski definition) is 1. The zero-order chi connectivity index (χ0) is 14.7. The van der Waals surface area contributed by atoms with E-state index in [1.807, 2.05) is 6.92 Å². The molecule has 1 atom stereocenters. The van der Waals surface area contributed by atoms with Gasteiger partial charge in [-0.3, -0.25) is 0 Å². The van der Waals surface area contributed by atoms with Crippen molar-refractivity contribution in [2.24, 2.45) is 0 Å². The minimum atomic E-state index is -0.609. The molecule has 2 rings (SSSR count). The van der Waals surface area contributed by atoms with Crippen molar-refractivity contribution in [2.45, 2.75) is 13.0 Å². The van der Waals surface area contributed by atoms with Crippen LogP contribution in [0.15, 0.2) is 36.4 Å². The van der Waals surface area contributed by atoms with E-state index >= 15 is 0 Å². The Morgan fingerprint density at radius 1 is 1.05 bits per heavy atom. The average molecular weight is 316 g/mol. The Morgan fingerprint density at radius 3 is 2.35 bits per heavy atom. The van der Waals surface area contributed by atoms with Crippen molar-refractivity contribution in [3.05, 3.63) is 69.2 Å². The largest absolute Gasteiger partial charge is 0.306 e. The van der Waals surface area contributed by atoms with Gasteiger partial charge < -0.3 is 5.32 Å². The van der Waals surface area contributed by atoms with Gasteiger partial charge in [-0.2, -0.15) is 0 Å². The van der Waals surface area contributed by atoms with E-state index in [9.17, 15) is 8.78 Å². The van der Waals surface area contributed by atoms with E-state index in [4.69, 9.17) is 23.2 Å². The summed E-state index contributed by atoms with van der Waals surface area (Å²) in [5.41, 5.74) is 1.04. The highest BCUT2D eigenvalue weighted by atomic mass is 35.5. The standard InChI is InChI=1S/C15H13Cl2F2N/c1-2-20-15(11-5-3-9(16)7-13(11)17)12-6-4-10(18)8-14(12)19/h3-8,15,20H,2H2,1H3. The fourth-order valence-corrected chi connectivity index (χ4v) is 2.58. The van der Waals surface area contributed by atoms with E-state index in [0.29, 0.717) is 27.7 Å². The number of hydrogen-bond acceptors (Lipinski definition) is 1. The highest BCUT2D eigenvalue weighted by Gasteiger charge is 2.20. The molecule has 1 nitrogen and oxygen atoms in total. The zero-order valence-electron chi connectivity index (χ0n) is 10.8. The molecule has 0 bridgehead atoms. The zero-order valence-corrected chi connectivity index (χ0v) is 12.3. The van der Waals surface area contributed by atoms with Gasteiger partial charge in [0.15, 0.2) is 0 Å². The summed E-state index contributed by atoms with van der Waals surface area (Å²) in [6.45, 7) is 2.51. The van der Waals surface area contributed by atoms with Gasteiger partial charge in [0.2, 0.25) is 0 Å². The van der Waals surface area contributed by atoms with Gasteiger partial charge in [0, 0.05) is 21.7 Å². The predicted molar refractivity (Wildman–Crippen MR) is 78.3 cm³/mol. The summed E-state index contributed by atoms with van der Waals surface area (Å²) >= 11 is 12.0. The SMILES string of the molecule is CCNC(c1ccc(F)cc1F)c1ccc(Cl)cc1Cl. The maximum Gasteiger partial charge on any atom is 0.131 e.